The maximum Gasteiger partial charge on any atom is 0.349 e. The summed E-state index contributed by atoms with van der Waals surface area (Å²) in [7, 11) is 0. The van der Waals surface area contributed by atoms with Crippen LogP contribution in [0.25, 0.3) is 11.1 Å². The number of nitrogens with zero attached hydrogens (tertiary/aromatic N) is 2. The van der Waals surface area contributed by atoms with Crippen LogP contribution in [0.4, 0.5) is 6.01 Å². The van der Waals surface area contributed by atoms with Crippen molar-refractivity contribution in [3.05, 3.63) is 95.0 Å². The molecule has 1 fully saturated rings. The third kappa shape index (κ3) is 8.55. The summed E-state index contributed by atoms with van der Waals surface area (Å²) in [5.41, 5.74) is 1.64. The number of aromatic nitrogens is 1. The van der Waals surface area contributed by atoms with Gasteiger partial charge < -0.3 is 39.1 Å². The number of aliphatic carboxylic acids is 2. The molecule has 0 unspecified atom stereocenters. The molecule has 230 valence electrons. The lowest BCUT2D eigenvalue weighted by Gasteiger charge is -2.24. The van der Waals surface area contributed by atoms with Gasteiger partial charge in [0.25, 0.3) is 6.01 Å². The number of anilines is 1. The molecule has 13 heteroatoms. The van der Waals surface area contributed by atoms with Crippen LogP contribution in [0.3, 0.4) is 0 Å². The Morgan fingerprint density at radius 2 is 1.55 bits per heavy atom. The first-order valence-electron chi connectivity index (χ1n) is 13.7. The number of hydrogen-bond donors (Lipinski definition) is 2. The Morgan fingerprint density at radius 1 is 0.955 bits per heavy atom. The molecule has 0 spiro atoms. The summed E-state index contributed by atoms with van der Waals surface area (Å²) < 4.78 is 15.2. The second-order valence-electron chi connectivity index (χ2n) is 9.93. The lowest BCUT2D eigenvalue weighted by atomic mass is 10.1. The van der Waals surface area contributed by atoms with Gasteiger partial charge in [0, 0.05) is 18.0 Å². The minimum absolute atomic E-state index is 0.00252. The van der Waals surface area contributed by atoms with Crippen molar-refractivity contribution in [3.63, 3.8) is 0 Å². The van der Waals surface area contributed by atoms with Crippen LogP contribution in [-0.4, -0.2) is 71.9 Å². The number of carbonyl (C=O) groups excluding carboxylic acids is 3. The molecule has 1 aliphatic heterocycles. The fourth-order valence-electron chi connectivity index (χ4n) is 4.31. The topological polar surface area (TPSA) is 176 Å². The fraction of sp³-hybridized carbons (Fsp3) is 0.258. The molecule has 0 amide bonds. The number of esters is 2. The van der Waals surface area contributed by atoms with E-state index in [1.54, 1.807) is 12.1 Å². The van der Waals surface area contributed by atoms with Gasteiger partial charge in [0.2, 0.25) is 6.10 Å². The molecule has 3 atom stereocenters. The number of carbonyl (C=O) groups is 4. The van der Waals surface area contributed by atoms with E-state index in [0.717, 1.165) is 43.2 Å². The summed E-state index contributed by atoms with van der Waals surface area (Å²) >= 11 is 5.96. The number of hydrogen-bond acceptors (Lipinski definition) is 10. The number of halogens is 1. The summed E-state index contributed by atoms with van der Waals surface area (Å²) in [6.45, 7) is 5.32. The smallest absolute Gasteiger partial charge is 0.349 e. The van der Waals surface area contributed by atoms with Gasteiger partial charge >= 0.3 is 17.9 Å². The van der Waals surface area contributed by atoms with Gasteiger partial charge in [-0.1, -0.05) is 48.0 Å². The molecule has 0 bridgehead atoms. The van der Waals surface area contributed by atoms with E-state index >= 15 is 0 Å². The highest BCUT2D eigenvalue weighted by atomic mass is 35.5. The van der Waals surface area contributed by atoms with E-state index in [0.29, 0.717) is 11.1 Å². The van der Waals surface area contributed by atoms with Crippen LogP contribution in [0.5, 0.6) is 0 Å². The zero-order valence-corrected chi connectivity index (χ0v) is 24.4. The molecule has 0 saturated carbocycles. The van der Waals surface area contributed by atoms with Gasteiger partial charge in [0.05, 0.1) is 36.2 Å². The Bertz CT molecular complexity index is 1530. The molecule has 1 saturated heterocycles. The van der Waals surface area contributed by atoms with Crippen LogP contribution >= 0.6 is 11.6 Å². The Balaban J connectivity index is 0.000000213. The first-order chi connectivity index (χ1) is 21.1. The van der Waals surface area contributed by atoms with Crippen molar-refractivity contribution >= 4 is 52.6 Å². The van der Waals surface area contributed by atoms with Crippen molar-refractivity contribution in [2.45, 2.75) is 31.6 Å². The molecule has 1 aliphatic rings. The normalized spacial score (nSPS) is 16.0. The van der Waals surface area contributed by atoms with Gasteiger partial charge in [-0.05, 0) is 49.4 Å². The summed E-state index contributed by atoms with van der Waals surface area (Å²) in [6.07, 6.45) is -3.45. The Labute approximate surface area is 257 Å². The number of nitrogens with two attached hydrogens (primary N) is 1. The van der Waals surface area contributed by atoms with Crippen molar-refractivity contribution < 1.29 is 48.6 Å². The molecular weight excluding hydrogens is 594 g/mol. The molecule has 3 N–H and O–H groups in total. The highest BCUT2D eigenvalue weighted by molar-refractivity contribution is 6.31. The molecule has 2 heterocycles. The monoisotopic (exact) mass is 623 g/mol. The third-order valence-corrected chi connectivity index (χ3v) is 6.90. The van der Waals surface area contributed by atoms with Gasteiger partial charge in [0.15, 0.2) is 11.7 Å². The van der Waals surface area contributed by atoms with E-state index in [1.165, 1.54) is 48.5 Å². The maximum absolute atomic E-state index is 12.0. The number of ether oxygens (including phenoxy) is 2. The highest BCUT2D eigenvalue weighted by Gasteiger charge is 2.36. The van der Waals surface area contributed by atoms with E-state index in [4.69, 9.17) is 25.5 Å². The Kier molecular flexibility index (Phi) is 10.9. The van der Waals surface area contributed by atoms with E-state index in [-0.39, 0.29) is 11.1 Å². The first kappa shape index (κ1) is 32.0. The lowest BCUT2D eigenvalue weighted by Crippen LogP contribution is -2.89. The quantitative estimate of drug-likeness (QED) is 0.274. The highest BCUT2D eigenvalue weighted by Crippen LogP contribution is 2.25. The van der Waals surface area contributed by atoms with Crippen LogP contribution in [0, 0.1) is 0 Å². The molecule has 0 radical (unpaired) electrons. The number of oxazole rings is 1. The maximum atomic E-state index is 12.0. The van der Waals surface area contributed by atoms with E-state index in [1.807, 2.05) is 18.2 Å². The average Bonchev–Trinajstić information content (AvgIpc) is 3.31. The zero-order chi connectivity index (χ0) is 31.6. The summed E-state index contributed by atoms with van der Waals surface area (Å²) in [5, 5.41) is 23.6. The summed E-state index contributed by atoms with van der Waals surface area (Å²) in [5.74, 6) is -5.99. The number of fused-ring (bicyclic) bond motifs is 1. The molecule has 3 aromatic carbocycles. The predicted octanol–water partition coefficient (Wildman–Crippen LogP) is 1.92. The minimum atomic E-state index is -2.33. The third-order valence-electron chi connectivity index (χ3n) is 6.67. The molecule has 0 aliphatic carbocycles. The van der Waals surface area contributed by atoms with Gasteiger partial charge in [-0.3, -0.25) is 0 Å². The van der Waals surface area contributed by atoms with Crippen LogP contribution < -0.4 is 15.3 Å². The Hall–Kier alpha value is -4.94. The summed E-state index contributed by atoms with van der Waals surface area (Å²) in [6, 6.07) is 21.6. The number of quaternary nitrogens is 1. The minimum Gasteiger partial charge on any atom is -0.546 e. The fourth-order valence-corrected chi connectivity index (χ4v) is 4.48. The standard InChI is InChI=1S/C18H14O8.C13H16ClN3O/c19-15(20)13(25-17(23)11-7-3-1-4-8-11)14(16(21)22)26-18(24)12-9-5-2-6-10-12;1-9-4-6-17(7-5-15-9)13-16-11-8-10(14)2-3-12(11)18-13/h1-10,13-14H,(H,19,20)(H,21,22);2-3,8-9,15H,4-7H2,1H3/t13-,14-;9-/m01/s1. The van der Waals surface area contributed by atoms with E-state index in [9.17, 15) is 29.4 Å². The van der Waals surface area contributed by atoms with Crippen LogP contribution in [0.2, 0.25) is 5.02 Å². The van der Waals surface area contributed by atoms with Crippen molar-refractivity contribution in [1.82, 2.24) is 4.98 Å². The first-order valence-corrected chi connectivity index (χ1v) is 14.1. The second-order valence-corrected chi connectivity index (χ2v) is 10.4. The molecule has 4 aromatic rings. The Morgan fingerprint density at radius 3 is 2.11 bits per heavy atom. The SMILES string of the molecule is C[C@@H]1CCN(c2nc3cc(Cl)ccc3o2)CC[NH2+]1.O=C(O[C@H](C(=O)[O-])[C@H](OC(=O)c1ccccc1)C(=O)O)c1ccccc1. The number of benzene rings is 3. The predicted molar refractivity (Wildman–Crippen MR) is 156 cm³/mol. The molecule has 5 rings (SSSR count). The van der Waals surface area contributed by atoms with Gasteiger partial charge in [-0.15, -0.1) is 0 Å². The van der Waals surface area contributed by atoms with Crippen LogP contribution in [0.1, 0.15) is 34.1 Å². The average molecular weight is 624 g/mol. The molecular formula is C31H30ClN3O9. The van der Waals surface area contributed by atoms with Crippen molar-refractivity contribution in [1.29, 1.82) is 0 Å². The van der Waals surface area contributed by atoms with Crippen LogP contribution in [0.15, 0.2) is 83.3 Å². The van der Waals surface area contributed by atoms with E-state index in [2.05, 4.69) is 22.1 Å². The molecule has 1 aromatic heterocycles. The van der Waals surface area contributed by atoms with Crippen molar-refractivity contribution in [2.75, 3.05) is 24.5 Å². The van der Waals surface area contributed by atoms with Crippen LogP contribution in [-0.2, 0) is 19.1 Å². The van der Waals surface area contributed by atoms with E-state index < -0.39 is 36.1 Å². The molecule has 44 heavy (non-hydrogen) atoms. The number of carboxylic acid groups (broad SMARTS) is 2. The van der Waals surface area contributed by atoms with Gasteiger partial charge in [0.1, 0.15) is 5.52 Å². The van der Waals surface area contributed by atoms with Crippen molar-refractivity contribution in [2.24, 2.45) is 0 Å². The van der Waals surface area contributed by atoms with Gasteiger partial charge in [-0.25, -0.2) is 14.4 Å². The number of rotatable bonds is 8. The second kappa shape index (κ2) is 15.0. The largest absolute Gasteiger partial charge is 0.546 e. The molecule has 12 nitrogen and oxygen atoms in total. The van der Waals surface area contributed by atoms with Gasteiger partial charge in [-0.2, -0.15) is 4.98 Å². The lowest BCUT2D eigenvalue weighted by molar-refractivity contribution is -0.682. The zero-order valence-electron chi connectivity index (χ0n) is 23.6. The summed E-state index contributed by atoms with van der Waals surface area (Å²) in [4.78, 5) is 53.4. The van der Waals surface area contributed by atoms with Crippen molar-refractivity contribution in [3.8, 4) is 0 Å². The number of carboxylic acids is 2.